The molecule has 8 heteroatoms. The molecule has 3 N–H and O–H groups in total. The van der Waals surface area contributed by atoms with Crippen molar-refractivity contribution in [3.63, 3.8) is 0 Å². The number of hydrogen-bond acceptors (Lipinski definition) is 4. The summed E-state index contributed by atoms with van der Waals surface area (Å²) < 4.78 is 15.4. The molecule has 0 aliphatic rings. The Hall–Kier alpha value is -0.910. The standard InChI is InChI=1S/C8H15O7P/c1-2-3-4-15-8(11)6(5-7(9)10)16(12,13)14/h6H,2-5H2,1H3,(H,9,10)(H2,12,13,14). The number of aliphatic carboxylic acids is 1. The van der Waals surface area contributed by atoms with E-state index >= 15 is 0 Å². The van der Waals surface area contributed by atoms with Crippen LogP contribution in [-0.2, 0) is 18.9 Å². The van der Waals surface area contributed by atoms with E-state index in [1.165, 1.54) is 0 Å². The van der Waals surface area contributed by atoms with Crippen LogP contribution in [0, 0.1) is 0 Å². The highest BCUT2D eigenvalue weighted by Crippen LogP contribution is 2.43. The molecular formula is C8H15O7P. The molecule has 16 heavy (non-hydrogen) atoms. The second kappa shape index (κ2) is 6.62. The SMILES string of the molecule is CCCCOC(=O)C(CC(=O)O)P(=O)(O)O. The Kier molecular flexibility index (Phi) is 6.25. The third-order valence-electron chi connectivity index (χ3n) is 1.79. The van der Waals surface area contributed by atoms with Gasteiger partial charge in [-0.2, -0.15) is 0 Å². The van der Waals surface area contributed by atoms with Gasteiger partial charge in [0.25, 0.3) is 0 Å². The minimum atomic E-state index is -4.79. The molecule has 0 saturated carbocycles. The van der Waals surface area contributed by atoms with Crippen LogP contribution in [0.4, 0.5) is 0 Å². The first-order valence-electron chi connectivity index (χ1n) is 4.72. The van der Waals surface area contributed by atoms with Crippen molar-refractivity contribution < 1.29 is 33.8 Å². The number of carbonyl (C=O) groups excluding carboxylic acids is 1. The average Bonchev–Trinajstić information content (AvgIpc) is 2.12. The minimum absolute atomic E-state index is 0.0332. The van der Waals surface area contributed by atoms with Crippen LogP contribution >= 0.6 is 7.60 Å². The molecule has 1 unspecified atom stereocenters. The Balaban J connectivity index is 4.46. The second-order valence-corrected chi connectivity index (χ2v) is 5.03. The molecule has 0 aliphatic heterocycles. The monoisotopic (exact) mass is 254 g/mol. The molecule has 0 radical (unpaired) electrons. The number of carbonyl (C=O) groups is 2. The molecular weight excluding hydrogens is 239 g/mol. The first kappa shape index (κ1) is 15.1. The lowest BCUT2D eigenvalue weighted by molar-refractivity contribution is -0.147. The van der Waals surface area contributed by atoms with Crippen molar-refractivity contribution in [2.24, 2.45) is 0 Å². The topological polar surface area (TPSA) is 121 Å². The molecule has 94 valence electrons. The largest absolute Gasteiger partial charge is 0.481 e. The highest BCUT2D eigenvalue weighted by Gasteiger charge is 2.38. The maximum absolute atomic E-state index is 11.2. The van der Waals surface area contributed by atoms with Crippen LogP contribution < -0.4 is 0 Å². The fourth-order valence-corrected chi connectivity index (χ4v) is 1.66. The maximum atomic E-state index is 11.2. The molecule has 0 aromatic heterocycles. The Morgan fingerprint density at radius 2 is 1.94 bits per heavy atom. The van der Waals surface area contributed by atoms with Crippen molar-refractivity contribution in [3.8, 4) is 0 Å². The van der Waals surface area contributed by atoms with E-state index in [4.69, 9.17) is 14.9 Å². The predicted molar refractivity (Wildman–Crippen MR) is 54.0 cm³/mol. The van der Waals surface area contributed by atoms with Crippen molar-refractivity contribution in [1.82, 2.24) is 0 Å². The summed E-state index contributed by atoms with van der Waals surface area (Å²) in [6.45, 7) is 1.89. The normalized spacial score (nSPS) is 13.2. The molecule has 0 aromatic carbocycles. The Labute approximate surface area is 92.6 Å². The van der Waals surface area contributed by atoms with E-state index in [9.17, 15) is 14.2 Å². The number of rotatable bonds is 7. The molecule has 0 spiro atoms. The molecule has 0 rings (SSSR count). The molecule has 0 bridgehead atoms. The van der Waals surface area contributed by atoms with Crippen LogP contribution in [0.25, 0.3) is 0 Å². The van der Waals surface area contributed by atoms with E-state index in [0.717, 1.165) is 6.42 Å². The van der Waals surface area contributed by atoms with Crippen molar-refractivity contribution in [2.45, 2.75) is 31.8 Å². The summed E-state index contributed by atoms with van der Waals surface area (Å²) in [5.41, 5.74) is -1.91. The zero-order valence-corrected chi connectivity index (χ0v) is 9.72. The number of ether oxygens (including phenoxy) is 1. The van der Waals surface area contributed by atoms with Crippen molar-refractivity contribution in [1.29, 1.82) is 0 Å². The van der Waals surface area contributed by atoms with Crippen LogP contribution in [0.2, 0.25) is 0 Å². The van der Waals surface area contributed by atoms with Crippen LogP contribution in [0.15, 0.2) is 0 Å². The molecule has 0 aliphatic carbocycles. The van der Waals surface area contributed by atoms with Crippen molar-refractivity contribution in [2.75, 3.05) is 6.61 Å². The average molecular weight is 254 g/mol. The first-order valence-corrected chi connectivity index (χ1v) is 6.40. The fraction of sp³-hybridized carbons (Fsp3) is 0.750. The van der Waals surface area contributed by atoms with Crippen LogP contribution in [0.5, 0.6) is 0 Å². The van der Waals surface area contributed by atoms with Gasteiger partial charge in [-0.1, -0.05) is 13.3 Å². The van der Waals surface area contributed by atoms with Gasteiger partial charge in [0.05, 0.1) is 13.0 Å². The third kappa shape index (κ3) is 5.85. The van der Waals surface area contributed by atoms with E-state index in [0.29, 0.717) is 6.42 Å². The van der Waals surface area contributed by atoms with E-state index in [-0.39, 0.29) is 6.61 Å². The van der Waals surface area contributed by atoms with Crippen molar-refractivity contribution >= 4 is 19.5 Å². The quantitative estimate of drug-likeness (QED) is 0.340. The van der Waals surface area contributed by atoms with E-state index in [1.54, 1.807) is 0 Å². The van der Waals surface area contributed by atoms with Gasteiger partial charge in [0.2, 0.25) is 0 Å². The van der Waals surface area contributed by atoms with Crippen LogP contribution in [0.1, 0.15) is 26.2 Å². The Morgan fingerprint density at radius 1 is 1.38 bits per heavy atom. The van der Waals surface area contributed by atoms with Gasteiger partial charge in [-0.25, -0.2) is 0 Å². The van der Waals surface area contributed by atoms with Gasteiger partial charge in [-0.3, -0.25) is 14.2 Å². The Morgan fingerprint density at radius 3 is 2.31 bits per heavy atom. The van der Waals surface area contributed by atoms with Crippen molar-refractivity contribution in [3.05, 3.63) is 0 Å². The molecule has 1 atom stereocenters. The van der Waals surface area contributed by atoms with Gasteiger partial charge >= 0.3 is 19.5 Å². The second-order valence-electron chi connectivity index (χ2n) is 3.22. The summed E-state index contributed by atoms with van der Waals surface area (Å²) in [4.78, 5) is 39.2. The van der Waals surface area contributed by atoms with Gasteiger partial charge in [0.1, 0.15) is 0 Å². The summed E-state index contributed by atoms with van der Waals surface area (Å²) in [6, 6.07) is 0. The number of carboxylic acids is 1. The number of carboxylic acid groups (broad SMARTS) is 1. The number of unbranched alkanes of at least 4 members (excludes halogenated alkanes) is 1. The van der Waals surface area contributed by atoms with Gasteiger partial charge in [-0.05, 0) is 6.42 Å². The summed E-state index contributed by atoms with van der Waals surface area (Å²) in [5.74, 6) is -2.62. The van der Waals surface area contributed by atoms with Crippen LogP contribution in [-0.4, -0.2) is 39.1 Å². The van der Waals surface area contributed by atoms with Gasteiger partial charge in [0.15, 0.2) is 5.66 Å². The maximum Gasteiger partial charge on any atom is 0.340 e. The fourth-order valence-electron chi connectivity index (χ4n) is 0.918. The predicted octanol–water partition coefficient (Wildman–Crippen LogP) is 0.351. The van der Waals surface area contributed by atoms with Crippen LogP contribution in [0.3, 0.4) is 0 Å². The van der Waals surface area contributed by atoms with E-state index in [2.05, 4.69) is 4.74 Å². The summed E-state index contributed by atoms with van der Waals surface area (Å²) in [5, 5.41) is 8.42. The molecule has 0 fully saturated rings. The van der Waals surface area contributed by atoms with Gasteiger partial charge in [0, 0.05) is 0 Å². The van der Waals surface area contributed by atoms with Gasteiger partial charge < -0.3 is 19.6 Å². The summed E-state index contributed by atoms with van der Waals surface area (Å²) >= 11 is 0. The lowest BCUT2D eigenvalue weighted by Gasteiger charge is -2.15. The van der Waals surface area contributed by atoms with E-state index in [1.807, 2.05) is 6.92 Å². The number of esters is 1. The Bertz CT molecular complexity index is 295. The summed E-state index contributed by atoms with van der Waals surface area (Å²) in [6.07, 6.45) is 0.384. The molecule has 0 amide bonds. The molecule has 0 aromatic rings. The highest BCUT2D eigenvalue weighted by atomic mass is 31.2. The van der Waals surface area contributed by atoms with Gasteiger partial charge in [-0.15, -0.1) is 0 Å². The highest BCUT2D eigenvalue weighted by molar-refractivity contribution is 7.53. The molecule has 7 nitrogen and oxygen atoms in total. The molecule has 0 saturated heterocycles. The minimum Gasteiger partial charge on any atom is -0.481 e. The van der Waals surface area contributed by atoms with E-state index < -0.39 is 31.6 Å². The number of hydrogen-bond donors (Lipinski definition) is 3. The third-order valence-corrected chi connectivity index (χ3v) is 2.99. The first-order chi connectivity index (χ1) is 7.29. The lowest BCUT2D eigenvalue weighted by Crippen LogP contribution is -2.26. The lowest BCUT2D eigenvalue weighted by atomic mass is 10.3. The smallest absolute Gasteiger partial charge is 0.340 e. The zero-order chi connectivity index (χ0) is 12.8. The zero-order valence-electron chi connectivity index (χ0n) is 8.83. The summed E-state index contributed by atoms with van der Waals surface area (Å²) in [7, 11) is -4.79. The molecule has 0 heterocycles.